The molecule has 0 N–H and O–H groups in total. The maximum Gasteiger partial charge on any atom is 0.194 e. The van der Waals surface area contributed by atoms with Crippen molar-refractivity contribution < 1.29 is 4.79 Å². The van der Waals surface area contributed by atoms with Crippen LogP contribution in [0.5, 0.6) is 0 Å². The van der Waals surface area contributed by atoms with Gasteiger partial charge in [-0.3, -0.25) is 4.79 Å². The molecule has 3 heterocycles. The van der Waals surface area contributed by atoms with Crippen molar-refractivity contribution in [3.05, 3.63) is 35.9 Å². The van der Waals surface area contributed by atoms with Crippen LogP contribution < -0.4 is 0 Å². The molecule has 3 aromatic rings. The number of aldehydes is 1. The van der Waals surface area contributed by atoms with E-state index in [2.05, 4.69) is 20.4 Å². The first-order valence-electron chi connectivity index (χ1n) is 5.40. The molecule has 0 saturated heterocycles. The van der Waals surface area contributed by atoms with Crippen molar-refractivity contribution in [2.75, 3.05) is 0 Å². The molecule has 0 aliphatic heterocycles. The van der Waals surface area contributed by atoms with Gasteiger partial charge >= 0.3 is 0 Å². The van der Waals surface area contributed by atoms with Crippen LogP contribution in [0.1, 0.15) is 16.2 Å². The first-order chi connectivity index (χ1) is 8.78. The van der Waals surface area contributed by atoms with Crippen molar-refractivity contribution in [1.82, 2.24) is 29.8 Å². The van der Waals surface area contributed by atoms with Crippen LogP contribution in [0.4, 0.5) is 0 Å². The molecule has 0 unspecified atom stereocenters. The van der Waals surface area contributed by atoms with Crippen molar-refractivity contribution in [2.45, 2.75) is 6.54 Å². The van der Waals surface area contributed by atoms with Crippen LogP contribution in [-0.4, -0.2) is 36.0 Å². The molecular weight excluding hydrogens is 232 g/mol. The highest BCUT2D eigenvalue weighted by molar-refractivity contribution is 5.95. The van der Waals surface area contributed by atoms with E-state index in [4.69, 9.17) is 0 Å². The van der Waals surface area contributed by atoms with Crippen molar-refractivity contribution in [3.63, 3.8) is 0 Å². The van der Waals surface area contributed by atoms with Crippen LogP contribution in [0.2, 0.25) is 0 Å². The van der Waals surface area contributed by atoms with Gasteiger partial charge in [0.05, 0.1) is 13.6 Å². The average Bonchev–Trinajstić information content (AvgIpc) is 2.95. The largest absolute Gasteiger partial charge is 0.324 e. The molecule has 0 spiro atoms. The summed E-state index contributed by atoms with van der Waals surface area (Å²) in [5.41, 5.74) is 1.36. The van der Waals surface area contributed by atoms with Crippen molar-refractivity contribution in [2.24, 2.45) is 7.05 Å². The molecule has 0 aliphatic carbocycles. The number of pyridine rings is 1. The zero-order valence-electron chi connectivity index (χ0n) is 9.69. The molecular formula is C11H10N6O. The number of nitrogens with zero attached hydrogens (tertiary/aromatic N) is 6. The number of hydrogen-bond donors (Lipinski definition) is 0. The van der Waals surface area contributed by atoms with Crippen LogP contribution in [0.25, 0.3) is 11.0 Å². The Morgan fingerprint density at radius 3 is 3.06 bits per heavy atom. The second-order valence-electron chi connectivity index (χ2n) is 3.90. The smallest absolute Gasteiger partial charge is 0.194 e. The summed E-state index contributed by atoms with van der Waals surface area (Å²) in [6.07, 6.45) is 4.27. The molecule has 0 bridgehead atoms. The van der Waals surface area contributed by atoms with Crippen molar-refractivity contribution in [3.8, 4) is 0 Å². The van der Waals surface area contributed by atoms with Crippen LogP contribution in [-0.2, 0) is 13.6 Å². The molecule has 3 rings (SSSR count). The fourth-order valence-corrected chi connectivity index (χ4v) is 1.90. The van der Waals surface area contributed by atoms with E-state index < -0.39 is 0 Å². The lowest BCUT2D eigenvalue weighted by Crippen LogP contribution is -2.02. The predicted molar refractivity (Wildman–Crippen MR) is 63.0 cm³/mol. The highest BCUT2D eigenvalue weighted by atomic mass is 16.1. The Labute approximate surface area is 102 Å². The number of tetrazole rings is 1. The van der Waals surface area contributed by atoms with Crippen LogP contribution in [0, 0.1) is 0 Å². The standard InChI is InChI=1S/C11H10N6O/c1-16-14-10(13-15-16)6-17-5-8(7-18)9-3-2-4-12-11(9)17/h2-5,7H,6H2,1H3. The van der Waals surface area contributed by atoms with Gasteiger partial charge in [-0.2, -0.15) is 4.80 Å². The van der Waals surface area contributed by atoms with Gasteiger partial charge in [0, 0.05) is 23.3 Å². The fourth-order valence-electron chi connectivity index (χ4n) is 1.90. The lowest BCUT2D eigenvalue weighted by molar-refractivity contribution is 0.112. The SMILES string of the molecule is Cn1nnc(Cn2cc(C=O)c3cccnc32)n1. The minimum absolute atomic E-state index is 0.440. The maximum absolute atomic E-state index is 11.0. The van der Waals surface area contributed by atoms with E-state index in [1.165, 1.54) is 4.80 Å². The van der Waals surface area contributed by atoms with E-state index in [0.29, 0.717) is 17.9 Å². The number of carbonyl (C=O) groups is 1. The fraction of sp³-hybridized carbons (Fsp3) is 0.182. The molecule has 7 nitrogen and oxygen atoms in total. The monoisotopic (exact) mass is 242 g/mol. The van der Waals surface area contributed by atoms with E-state index in [0.717, 1.165) is 17.3 Å². The van der Waals surface area contributed by atoms with Crippen molar-refractivity contribution >= 4 is 17.3 Å². The molecule has 0 aliphatic rings. The van der Waals surface area contributed by atoms with E-state index in [1.807, 2.05) is 10.6 Å². The molecule has 0 radical (unpaired) electrons. The van der Waals surface area contributed by atoms with Gasteiger partial charge < -0.3 is 4.57 Å². The van der Waals surface area contributed by atoms with Gasteiger partial charge in [-0.25, -0.2) is 4.98 Å². The first-order valence-corrected chi connectivity index (χ1v) is 5.40. The minimum Gasteiger partial charge on any atom is -0.324 e. The maximum atomic E-state index is 11.0. The van der Waals surface area contributed by atoms with Gasteiger partial charge in [0.2, 0.25) is 0 Å². The van der Waals surface area contributed by atoms with E-state index in [1.54, 1.807) is 25.5 Å². The Hall–Kier alpha value is -2.57. The highest BCUT2D eigenvalue weighted by Crippen LogP contribution is 2.18. The second-order valence-corrected chi connectivity index (χ2v) is 3.90. The summed E-state index contributed by atoms with van der Waals surface area (Å²) >= 11 is 0. The van der Waals surface area contributed by atoms with Crippen LogP contribution in [0.3, 0.4) is 0 Å². The molecule has 0 saturated carbocycles. The summed E-state index contributed by atoms with van der Waals surface area (Å²) in [7, 11) is 1.71. The van der Waals surface area contributed by atoms with Gasteiger partial charge in [0.15, 0.2) is 12.1 Å². The third-order valence-corrected chi connectivity index (χ3v) is 2.65. The number of hydrogen-bond acceptors (Lipinski definition) is 5. The summed E-state index contributed by atoms with van der Waals surface area (Å²) in [5.74, 6) is 0.581. The topological polar surface area (TPSA) is 78.5 Å². The van der Waals surface area contributed by atoms with E-state index >= 15 is 0 Å². The molecule has 0 aromatic carbocycles. The highest BCUT2D eigenvalue weighted by Gasteiger charge is 2.10. The Bertz CT molecular complexity index is 713. The van der Waals surface area contributed by atoms with Gasteiger partial charge in [0.1, 0.15) is 5.65 Å². The molecule has 3 aromatic heterocycles. The van der Waals surface area contributed by atoms with Crippen molar-refractivity contribution in [1.29, 1.82) is 0 Å². The number of aryl methyl sites for hydroxylation is 1. The minimum atomic E-state index is 0.440. The average molecular weight is 242 g/mol. The summed E-state index contributed by atoms with van der Waals surface area (Å²) in [6, 6.07) is 3.67. The number of carbonyl (C=O) groups excluding carboxylic acids is 1. The zero-order chi connectivity index (χ0) is 12.5. The quantitative estimate of drug-likeness (QED) is 0.622. The van der Waals surface area contributed by atoms with Gasteiger partial charge in [-0.05, 0) is 17.3 Å². The lowest BCUT2D eigenvalue weighted by Gasteiger charge is -1.99. The van der Waals surface area contributed by atoms with Crippen LogP contribution in [0.15, 0.2) is 24.5 Å². The zero-order valence-corrected chi connectivity index (χ0v) is 9.69. The van der Waals surface area contributed by atoms with Gasteiger partial charge in [0.25, 0.3) is 0 Å². The predicted octanol–water partition coefficient (Wildman–Crippen LogP) is 0.421. The number of aromatic nitrogens is 6. The third-order valence-electron chi connectivity index (χ3n) is 2.65. The van der Waals surface area contributed by atoms with E-state index in [9.17, 15) is 4.79 Å². The molecule has 7 heteroatoms. The normalized spacial score (nSPS) is 10.9. The summed E-state index contributed by atoms with van der Waals surface area (Å²) in [4.78, 5) is 16.7. The Morgan fingerprint density at radius 1 is 1.44 bits per heavy atom. The second kappa shape index (κ2) is 4.02. The summed E-state index contributed by atoms with van der Waals surface area (Å²) in [5, 5.41) is 12.6. The first kappa shape index (κ1) is 10.6. The molecule has 0 amide bonds. The Kier molecular flexibility index (Phi) is 2.36. The van der Waals surface area contributed by atoms with Gasteiger partial charge in [-0.15, -0.1) is 10.2 Å². The van der Waals surface area contributed by atoms with Crippen LogP contribution >= 0.6 is 0 Å². The molecule has 18 heavy (non-hydrogen) atoms. The van der Waals surface area contributed by atoms with E-state index in [-0.39, 0.29) is 0 Å². The third kappa shape index (κ3) is 1.65. The molecule has 0 atom stereocenters. The lowest BCUT2D eigenvalue weighted by atomic mass is 10.2. The Morgan fingerprint density at radius 2 is 2.33 bits per heavy atom. The molecule has 90 valence electrons. The summed E-state index contributed by atoms with van der Waals surface area (Å²) < 4.78 is 1.84. The Balaban J connectivity index is 2.09. The summed E-state index contributed by atoms with van der Waals surface area (Å²) in [6.45, 7) is 0.440. The number of rotatable bonds is 3. The van der Waals surface area contributed by atoms with Gasteiger partial charge in [-0.1, -0.05) is 0 Å². The number of fused-ring (bicyclic) bond motifs is 1. The molecule has 0 fully saturated rings.